The molecule has 0 aliphatic heterocycles. The molecule has 27 heavy (non-hydrogen) atoms. The minimum Gasteiger partial charge on any atom is -0.462 e. The molecule has 1 N–H and O–H groups in total. The van der Waals surface area contributed by atoms with Gasteiger partial charge >= 0.3 is 5.97 Å². The molecule has 2 aromatic heterocycles. The third-order valence-electron chi connectivity index (χ3n) is 3.79. The van der Waals surface area contributed by atoms with Crippen LogP contribution in [0, 0.1) is 18.3 Å². The molecule has 1 aromatic carbocycles. The lowest BCUT2D eigenvalue weighted by Crippen LogP contribution is -2.13. The Morgan fingerprint density at radius 2 is 2.04 bits per heavy atom. The van der Waals surface area contributed by atoms with Crippen molar-refractivity contribution in [1.29, 1.82) is 5.26 Å². The van der Waals surface area contributed by atoms with Crippen LogP contribution < -0.4 is 5.32 Å². The molecule has 0 radical (unpaired) electrons. The molecule has 0 fully saturated rings. The first-order chi connectivity index (χ1) is 13.0. The number of esters is 1. The van der Waals surface area contributed by atoms with Crippen LogP contribution >= 0.6 is 11.3 Å². The summed E-state index contributed by atoms with van der Waals surface area (Å²) in [6.45, 7) is 3.59. The van der Waals surface area contributed by atoms with Gasteiger partial charge in [-0.05, 0) is 37.6 Å². The van der Waals surface area contributed by atoms with Crippen LogP contribution in [0.4, 0.5) is 5.00 Å². The number of aromatic nitrogens is 2. The summed E-state index contributed by atoms with van der Waals surface area (Å²) in [6, 6.07) is 13.0. The van der Waals surface area contributed by atoms with E-state index in [2.05, 4.69) is 10.4 Å². The normalized spacial score (nSPS) is 10.3. The number of hydrogen-bond acceptors (Lipinski definition) is 6. The standard InChI is InChI=1S/C19H16N4O3S/c1-3-26-19(25)16-12(2)14(11-20)18(27-16)21-17(24)15-9-10-23(22-15)13-7-5-4-6-8-13/h4-10H,3H2,1-2H3,(H,21,24). The number of anilines is 1. The predicted octanol–water partition coefficient (Wildman–Crippen LogP) is 3.54. The SMILES string of the molecule is CCOC(=O)c1sc(NC(=O)c2ccn(-c3ccccc3)n2)c(C#N)c1C. The number of benzene rings is 1. The van der Waals surface area contributed by atoms with Crippen LogP contribution in [0.3, 0.4) is 0 Å². The van der Waals surface area contributed by atoms with Gasteiger partial charge in [0.1, 0.15) is 15.9 Å². The molecule has 0 saturated heterocycles. The number of nitrogens with zero attached hydrogens (tertiary/aromatic N) is 3. The smallest absolute Gasteiger partial charge is 0.348 e. The summed E-state index contributed by atoms with van der Waals surface area (Å²) in [5.74, 6) is -0.969. The zero-order chi connectivity index (χ0) is 19.4. The highest BCUT2D eigenvalue weighted by Crippen LogP contribution is 2.33. The maximum atomic E-state index is 12.5. The van der Waals surface area contributed by atoms with Gasteiger partial charge < -0.3 is 10.1 Å². The number of para-hydroxylation sites is 1. The average molecular weight is 380 g/mol. The molecule has 0 aliphatic rings. The summed E-state index contributed by atoms with van der Waals surface area (Å²) in [4.78, 5) is 24.9. The highest BCUT2D eigenvalue weighted by Gasteiger charge is 2.23. The molecule has 0 spiro atoms. The summed E-state index contributed by atoms with van der Waals surface area (Å²) in [5, 5.41) is 16.6. The van der Waals surface area contributed by atoms with Gasteiger partial charge in [0.05, 0.1) is 17.9 Å². The van der Waals surface area contributed by atoms with Crippen LogP contribution in [-0.2, 0) is 4.74 Å². The number of hydrogen-bond donors (Lipinski definition) is 1. The fraction of sp³-hybridized carbons (Fsp3) is 0.158. The number of nitriles is 1. The second-order valence-corrected chi connectivity index (χ2v) is 6.55. The zero-order valence-electron chi connectivity index (χ0n) is 14.7. The van der Waals surface area contributed by atoms with Crippen LogP contribution in [0.15, 0.2) is 42.6 Å². The Labute approximate surface area is 159 Å². The van der Waals surface area contributed by atoms with Crippen LogP contribution in [-0.4, -0.2) is 28.3 Å². The van der Waals surface area contributed by atoms with Gasteiger partial charge in [-0.3, -0.25) is 4.79 Å². The fourth-order valence-corrected chi connectivity index (χ4v) is 3.51. The highest BCUT2D eigenvalue weighted by molar-refractivity contribution is 7.18. The number of amides is 1. The van der Waals surface area contributed by atoms with Gasteiger partial charge in [0.15, 0.2) is 5.69 Å². The Morgan fingerprint density at radius 3 is 2.70 bits per heavy atom. The number of carbonyl (C=O) groups is 2. The monoisotopic (exact) mass is 380 g/mol. The quantitative estimate of drug-likeness (QED) is 0.683. The van der Waals surface area contributed by atoms with Crippen molar-refractivity contribution in [3.63, 3.8) is 0 Å². The van der Waals surface area contributed by atoms with E-state index in [9.17, 15) is 14.9 Å². The van der Waals surface area contributed by atoms with Gasteiger partial charge in [0.2, 0.25) is 0 Å². The first kappa shape index (κ1) is 18.4. The second-order valence-electron chi connectivity index (χ2n) is 5.53. The topological polar surface area (TPSA) is 97.0 Å². The van der Waals surface area contributed by atoms with E-state index in [1.807, 2.05) is 36.4 Å². The minimum atomic E-state index is -0.509. The van der Waals surface area contributed by atoms with E-state index in [0.29, 0.717) is 15.4 Å². The van der Waals surface area contributed by atoms with E-state index in [4.69, 9.17) is 4.74 Å². The van der Waals surface area contributed by atoms with Crippen molar-refractivity contribution in [2.45, 2.75) is 13.8 Å². The lowest BCUT2D eigenvalue weighted by atomic mass is 10.2. The average Bonchev–Trinajstić information content (AvgIpc) is 3.28. The van der Waals surface area contributed by atoms with E-state index in [0.717, 1.165) is 17.0 Å². The third-order valence-corrected chi connectivity index (χ3v) is 4.98. The molecule has 0 saturated carbocycles. The molecule has 136 valence electrons. The number of nitrogens with one attached hydrogen (secondary N) is 1. The van der Waals surface area contributed by atoms with E-state index >= 15 is 0 Å². The molecular weight excluding hydrogens is 364 g/mol. The Hall–Kier alpha value is -3.44. The fourth-order valence-electron chi connectivity index (χ4n) is 2.46. The number of thiophene rings is 1. The van der Waals surface area contributed by atoms with Crippen molar-refractivity contribution >= 4 is 28.2 Å². The van der Waals surface area contributed by atoms with Gasteiger partial charge in [-0.2, -0.15) is 10.4 Å². The number of carbonyl (C=O) groups excluding carboxylic acids is 2. The Bertz CT molecular complexity index is 1030. The van der Waals surface area contributed by atoms with Crippen molar-refractivity contribution < 1.29 is 14.3 Å². The summed E-state index contributed by atoms with van der Waals surface area (Å²) in [5.41, 5.74) is 1.77. The summed E-state index contributed by atoms with van der Waals surface area (Å²) in [7, 11) is 0. The highest BCUT2D eigenvalue weighted by atomic mass is 32.1. The molecule has 3 aromatic rings. The Balaban J connectivity index is 1.84. The predicted molar refractivity (Wildman–Crippen MR) is 101 cm³/mol. The van der Waals surface area contributed by atoms with Gasteiger partial charge in [0.25, 0.3) is 5.91 Å². The molecule has 0 bridgehead atoms. The molecule has 3 rings (SSSR count). The number of rotatable bonds is 5. The van der Waals surface area contributed by atoms with E-state index in [1.165, 1.54) is 0 Å². The first-order valence-corrected chi connectivity index (χ1v) is 8.99. The Morgan fingerprint density at radius 1 is 1.30 bits per heavy atom. The molecule has 0 atom stereocenters. The molecule has 7 nitrogen and oxygen atoms in total. The minimum absolute atomic E-state index is 0.200. The molecule has 0 unspecified atom stereocenters. The van der Waals surface area contributed by atoms with Crippen molar-refractivity contribution in [2.75, 3.05) is 11.9 Å². The molecule has 1 amide bonds. The van der Waals surface area contributed by atoms with E-state index in [-0.39, 0.29) is 17.9 Å². The van der Waals surface area contributed by atoms with E-state index < -0.39 is 11.9 Å². The van der Waals surface area contributed by atoms with Crippen molar-refractivity contribution in [3.8, 4) is 11.8 Å². The third kappa shape index (κ3) is 3.73. The maximum absolute atomic E-state index is 12.5. The van der Waals surface area contributed by atoms with Crippen molar-refractivity contribution in [1.82, 2.24) is 9.78 Å². The molecule has 0 aliphatic carbocycles. The lowest BCUT2D eigenvalue weighted by Gasteiger charge is -2.02. The van der Waals surface area contributed by atoms with Crippen LogP contribution in [0.2, 0.25) is 0 Å². The van der Waals surface area contributed by atoms with Gasteiger partial charge in [0, 0.05) is 6.20 Å². The van der Waals surface area contributed by atoms with Gasteiger partial charge in [-0.15, -0.1) is 11.3 Å². The van der Waals surface area contributed by atoms with Crippen molar-refractivity contribution in [2.24, 2.45) is 0 Å². The maximum Gasteiger partial charge on any atom is 0.348 e. The zero-order valence-corrected chi connectivity index (χ0v) is 15.5. The lowest BCUT2D eigenvalue weighted by molar-refractivity contribution is 0.0531. The first-order valence-electron chi connectivity index (χ1n) is 8.18. The van der Waals surface area contributed by atoms with Gasteiger partial charge in [-0.1, -0.05) is 18.2 Å². The number of ether oxygens (including phenoxy) is 1. The van der Waals surface area contributed by atoms with Crippen LogP contribution in [0.25, 0.3) is 5.69 Å². The summed E-state index contributed by atoms with van der Waals surface area (Å²) >= 11 is 1.02. The largest absolute Gasteiger partial charge is 0.462 e. The molecule has 2 heterocycles. The van der Waals surface area contributed by atoms with Crippen molar-refractivity contribution in [3.05, 3.63) is 64.3 Å². The van der Waals surface area contributed by atoms with Crippen LogP contribution in [0.1, 0.15) is 38.2 Å². The summed E-state index contributed by atoms with van der Waals surface area (Å²) < 4.78 is 6.58. The molecular formula is C19H16N4O3S. The molecule has 8 heteroatoms. The second kappa shape index (κ2) is 7.85. The van der Waals surface area contributed by atoms with Gasteiger partial charge in [-0.25, -0.2) is 9.48 Å². The van der Waals surface area contributed by atoms with Crippen LogP contribution in [0.5, 0.6) is 0 Å². The van der Waals surface area contributed by atoms with E-state index in [1.54, 1.807) is 30.8 Å². The Kier molecular flexibility index (Phi) is 5.33. The summed E-state index contributed by atoms with van der Waals surface area (Å²) in [6.07, 6.45) is 1.68.